The van der Waals surface area contributed by atoms with Crippen molar-refractivity contribution in [2.45, 2.75) is 19.4 Å². The molecule has 0 saturated carbocycles. The number of rotatable bonds is 8. The molecule has 1 unspecified atom stereocenters. The summed E-state index contributed by atoms with van der Waals surface area (Å²) in [6, 6.07) is 12.1. The van der Waals surface area contributed by atoms with E-state index in [1.54, 1.807) is 13.4 Å². The Labute approximate surface area is 208 Å². The average molecular weight is 554 g/mol. The van der Waals surface area contributed by atoms with Gasteiger partial charge in [0.15, 0.2) is 5.96 Å². The standard InChI is InChI=1S/C24H34N4O3.HI/c1-29-22-6-4-20(5-7-22)17-26-24(25-10-8-23-3-2-14-31-23)28-11-9-21(19-28)18-27-12-15-30-16-13-27;/h2-7,14,21H,8-13,15-19H2,1H3,(H,25,26);1H. The Bertz CT molecular complexity index is 807. The molecule has 1 aromatic carbocycles. The molecular weight excluding hydrogens is 519 g/mol. The van der Waals surface area contributed by atoms with E-state index in [2.05, 4.69) is 27.2 Å². The summed E-state index contributed by atoms with van der Waals surface area (Å²) in [5, 5.41) is 3.57. The van der Waals surface area contributed by atoms with E-state index >= 15 is 0 Å². The number of hydrogen-bond donors (Lipinski definition) is 1. The molecule has 1 atom stereocenters. The Morgan fingerprint density at radius 3 is 2.69 bits per heavy atom. The van der Waals surface area contributed by atoms with Gasteiger partial charge in [-0.15, -0.1) is 24.0 Å². The van der Waals surface area contributed by atoms with E-state index in [1.165, 1.54) is 12.0 Å². The van der Waals surface area contributed by atoms with Crippen LogP contribution < -0.4 is 10.1 Å². The number of likely N-dealkylation sites (tertiary alicyclic amines) is 1. The lowest BCUT2D eigenvalue weighted by atomic mass is 10.1. The molecule has 2 fully saturated rings. The second-order valence-electron chi connectivity index (χ2n) is 8.26. The van der Waals surface area contributed by atoms with Gasteiger partial charge in [-0.25, -0.2) is 4.99 Å². The number of furan rings is 1. The highest BCUT2D eigenvalue weighted by molar-refractivity contribution is 14.0. The third kappa shape index (κ3) is 7.38. The monoisotopic (exact) mass is 554 g/mol. The smallest absolute Gasteiger partial charge is 0.194 e. The lowest BCUT2D eigenvalue weighted by Gasteiger charge is -2.29. The lowest BCUT2D eigenvalue weighted by Crippen LogP contribution is -2.43. The van der Waals surface area contributed by atoms with Gasteiger partial charge in [0, 0.05) is 45.7 Å². The minimum Gasteiger partial charge on any atom is -0.497 e. The topological polar surface area (TPSA) is 62.5 Å². The average Bonchev–Trinajstić information content (AvgIpc) is 3.49. The molecule has 4 rings (SSSR count). The summed E-state index contributed by atoms with van der Waals surface area (Å²) < 4.78 is 16.2. The van der Waals surface area contributed by atoms with Crippen LogP contribution in [0.25, 0.3) is 0 Å². The number of methoxy groups -OCH3 is 1. The first-order valence-electron chi connectivity index (χ1n) is 11.3. The van der Waals surface area contributed by atoms with Gasteiger partial charge in [-0.1, -0.05) is 12.1 Å². The fourth-order valence-electron chi connectivity index (χ4n) is 4.24. The van der Waals surface area contributed by atoms with E-state index < -0.39 is 0 Å². The lowest BCUT2D eigenvalue weighted by molar-refractivity contribution is 0.0315. The molecule has 32 heavy (non-hydrogen) atoms. The number of halogens is 1. The minimum atomic E-state index is 0. The SMILES string of the molecule is COc1ccc(CN=C(NCCc2ccco2)N2CCC(CN3CCOCC3)C2)cc1.I. The Hall–Kier alpha value is -1.78. The van der Waals surface area contributed by atoms with E-state index in [4.69, 9.17) is 18.9 Å². The molecule has 1 aromatic heterocycles. The predicted octanol–water partition coefficient (Wildman–Crippen LogP) is 3.25. The van der Waals surface area contributed by atoms with Crippen molar-refractivity contribution in [3.8, 4) is 5.75 Å². The molecule has 0 aliphatic carbocycles. The van der Waals surface area contributed by atoms with Gasteiger partial charge in [-0.05, 0) is 42.2 Å². The first-order chi connectivity index (χ1) is 15.3. The van der Waals surface area contributed by atoms with Gasteiger partial charge >= 0.3 is 0 Å². The van der Waals surface area contributed by atoms with E-state index in [0.717, 1.165) is 76.4 Å². The zero-order valence-electron chi connectivity index (χ0n) is 18.9. The van der Waals surface area contributed by atoms with Gasteiger partial charge < -0.3 is 24.1 Å². The maximum atomic E-state index is 5.49. The molecule has 0 bridgehead atoms. The molecule has 1 N–H and O–H groups in total. The number of morpholine rings is 1. The van der Waals surface area contributed by atoms with Crippen LogP contribution in [-0.2, 0) is 17.7 Å². The molecule has 2 saturated heterocycles. The molecule has 0 spiro atoms. The van der Waals surface area contributed by atoms with Crippen LogP contribution in [0.3, 0.4) is 0 Å². The van der Waals surface area contributed by atoms with Gasteiger partial charge in [-0.2, -0.15) is 0 Å². The van der Waals surface area contributed by atoms with Crippen molar-refractivity contribution in [1.29, 1.82) is 0 Å². The zero-order chi connectivity index (χ0) is 21.3. The summed E-state index contributed by atoms with van der Waals surface area (Å²) in [5.41, 5.74) is 1.18. The normalized spacial score (nSPS) is 19.6. The summed E-state index contributed by atoms with van der Waals surface area (Å²) in [4.78, 5) is 9.91. The van der Waals surface area contributed by atoms with Crippen LogP contribution in [0.15, 0.2) is 52.1 Å². The molecule has 2 aliphatic heterocycles. The molecule has 0 amide bonds. The van der Waals surface area contributed by atoms with Crippen LogP contribution in [-0.4, -0.2) is 75.4 Å². The number of benzene rings is 1. The van der Waals surface area contributed by atoms with Crippen molar-refractivity contribution in [1.82, 2.24) is 15.1 Å². The second-order valence-corrected chi connectivity index (χ2v) is 8.26. The fraction of sp³-hybridized carbons (Fsp3) is 0.542. The van der Waals surface area contributed by atoms with E-state index in [0.29, 0.717) is 12.5 Å². The van der Waals surface area contributed by atoms with E-state index in [1.807, 2.05) is 24.3 Å². The van der Waals surface area contributed by atoms with Crippen molar-refractivity contribution in [2.75, 3.05) is 59.6 Å². The van der Waals surface area contributed by atoms with E-state index in [-0.39, 0.29) is 24.0 Å². The van der Waals surface area contributed by atoms with Gasteiger partial charge in [0.05, 0.1) is 33.1 Å². The summed E-state index contributed by atoms with van der Waals surface area (Å²) in [6.45, 7) is 8.53. The Balaban J connectivity index is 0.00000289. The summed E-state index contributed by atoms with van der Waals surface area (Å²) in [7, 11) is 1.69. The highest BCUT2D eigenvalue weighted by atomic mass is 127. The molecule has 176 valence electrons. The Kier molecular flexibility index (Phi) is 10.1. The van der Waals surface area contributed by atoms with Crippen LogP contribution in [0.5, 0.6) is 5.75 Å². The van der Waals surface area contributed by atoms with Crippen molar-refractivity contribution in [3.63, 3.8) is 0 Å². The van der Waals surface area contributed by atoms with E-state index in [9.17, 15) is 0 Å². The third-order valence-corrected chi connectivity index (χ3v) is 6.01. The molecule has 0 radical (unpaired) electrons. The minimum absolute atomic E-state index is 0. The first kappa shape index (κ1) is 24.9. The molecular formula is C24H35IN4O3. The highest BCUT2D eigenvalue weighted by Gasteiger charge is 2.27. The first-order valence-corrected chi connectivity index (χ1v) is 11.3. The van der Waals surface area contributed by atoms with Crippen molar-refractivity contribution >= 4 is 29.9 Å². The molecule has 7 nitrogen and oxygen atoms in total. The largest absolute Gasteiger partial charge is 0.497 e. The van der Waals surface area contributed by atoms with Crippen LogP contribution >= 0.6 is 24.0 Å². The van der Waals surface area contributed by atoms with Crippen LogP contribution in [0, 0.1) is 5.92 Å². The summed E-state index contributed by atoms with van der Waals surface area (Å²) in [5.74, 6) is 3.53. The van der Waals surface area contributed by atoms with Crippen molar-refractivity contribution in [2.24, 2.45) is 10.9 Å². The summed E-state index contributed by atoms with van der Waals surface area (Å²) >= 11 is 0. The van der Waals surface area contributed by atoms with Crippen molar-refractivity contribution < 1.29 is 13.9 Å². The number of nitrogens with zero attached hydrogens (tertiary/aromatic N) is 3. The number of guanidine groups is 1. The van der Waals surface area contributed by atoms with Crippen LogP contribution in [0.1, 0.15) is 17.7 Å². The van der Waals surface area contributed by atoms with Gasteiger partial charge in [0.1, 0.15) is 11.5 Å². The zero-order valence-corrected chi connectivity index (χ0v) is 21.2. The molecule has 2 aromatic rings. The fourth-order valence-corrected chi connectivity index (χ4v) is 4.24. The van der Waals surface area contributed by atoms with Crippen LogP contribution in [0.4, 0.5) is 0 Å². The number of aliphatic imine (C=N–C) groups is 1. The highest BCUT2D eigenvalue weighted by Crippen LogP contribution is 2.19. The predicted molar refractivity (Wildman–Crippen MR) is 137 cm³/mol. The second kappa shape index (κ2) is 13.1. The third-order valence-electron chi connectivity index (χ3n) is 6.01. The number of hydrogen-bond acceptors (Lipinski definition) is 5. The maximum absolute atomic E-state index is 5.49. The van der Waals surface area contributed by atoms with Gasteiger partial charge in [0.2, 0.25) is 0 Å². The molecule has 2 aliphatic rings. The quantitative estimate of drug-likeness (QED) is 0.307. The van der Waals surface area contributed by atoms with Gasteiger partial charge in [-0.3, -0.25) is 4.90 Å². The Morgan fingerprint density at radius 2 is 1.97 bits per heavy atom. The molecule has 8 heteroatoms. The van der Waals surface area contributed by atoms with Crippen LogP contribution in [0.2, 0.25) is 0 Å². The van der Waals surface area contributed by atoms with Crippen molar-refractivity contribution in [3.05, 3.63) is 54.0 Å². The maximum Gasteiger partial charge on any atom is 0.194 e. The number of ether oxygens (including phenoxy) is 2. The Morgan fingerprint density at radius 1 is 1.16 bits per heavy atom. The van der Waals surface area contributed by atoms with Gasteiger partial charge in [0.25, 0.3) is 0 Å². The summed E-state index contributed by atoms with van der Waals surface area (Å²) in [6.07, 6.45) is 3.78. The molecule has 3 heterocycles. The number of nitrogens with one attached hydrogen (secondary N) is 1.